The van der Waals surface area contributed by atoms with Crippen molar-refractivity contribution in [2.24, 2.45) is 0 Å². The first-order valence-corrected chi connectivity index (χ1v) is 28.2. The summed E-state index contributed by atoms with van der Waals surface area (Å²) in [6.07, 6.45) is 2.34. The van der Waals surface area contributed by atoms with Crippen molar-refractivity contribution >= 4 is 56.2 Å². The lowest BCUT2D eigenvalue weighted by Crippen LogP contribution is -2.62. The fraction of sp³-hybridized carbons (Fsp3) is 0.217. The van der Waals surface area contributed by atoms with Gasteiger partial charge in [0, 0.05) is 58.7 Å². The molecular formula is C69H63BN2S. The third kappa shape index (κ3) is 5.96. The van der Waals surface area contributed by atoms with Gasteiger partial charge in [-0.2, -0.15) is 0 Å². The van der Waals surface area contributed by atoms with Crippen molar-refractivity contribution in [1.82, 2.24) is 0 Å². The number of nitrogens with zero attached hydrogens (tertiary/aromatic N) is 2. The molecule has 9 aromatic rings. The Morgan fingerprint density at radius 3 is 1.59 bits per heavy atom. The average Bonchev–Trinajstić information content (AvgIpc) is 3.41. The van der Waals surface area contributed by atoms with Crippen molar-refractivity contribution in [3.05, 3.63) is 233 Å². The third-order valence-corrected chi connectivity index (χ3v) is 22.2. The van der Waals surface area contributed by atoms with Crippen molar-refractivity contribution in [1.29, 1.82) is 0 Å². The number of para-hydroxylation sites is 2. The van der Waals surface area contributed by atoms with Crippen LogP contribution in [0.15, 0.2) is 214 Å². The standard InChI is InChI=1S/C69H63BN2S/c1-44-38-53-54(67(4,5)37-36-66(53,2)3)42-59(44)71-60-43-56-55(68(6,7)51-31-19-20-32-52(51)69(56,8)9)41-57(60)70-64-50(39-46(40-61(64)71)45-24-13-10-14-25-45)49-30-23-35-63-65(49)72(70)58-33-21-22-34-62(58)73(63,47-26-15-11-16-27-47)48-28-17-12-18-29-48/h10-35,38-43H,36-37H2,1-9H3. The van der Waals surface area contributed by atoms with Crippen LogP contribution in [-0.2, 0) is 21.7 Å². The van der Waals surface area contributed by atoms with Crippen LogP contribution in [0.1, 0.15) is 107 Å². The maximum Gasteiger partial charge on any atom is 0.333 e. The van der Waals surface area contributed by atoms with Gasteiger partial charge in [0.1, 0.15) is 0 Å². The molecule has 3 aliphatic heterocycles. The van der Waals surface area contributed by atoms with E-state index in [1.807, 2.05) is 0 Å². The number of anilines is 5. The van der Waals surface area contributed by atoms with E-state index in [1.54, 1.807) is 0 Å². The number of benzene rings is 9. The van der Waals surface area contributed by atoms with Gasteiger partial charge in [0.2, 0.25) is 0 Å². The van der Waals surface area contributed by atoms with Crippen molar-refractivity contribution in [2.75, 3.05) is 9.71 Å². The first kappa shape index (κ1) is 44.7. The van der Waals surface area contributed by atoms with Crippen LogP contribution in [0.2, 0.25) is 0 Å². The Bertz CT molecular complexity index is 3740. The highest BCUT2D eigenvalue weighted by Gasteiger charge is 2.54. The van der Waals surface area contributed by atoms with Gasteiger partial charge in [-0.15, -0.1) is 10.0 Å². The quantitative estimate of drug-likeness (QED) is 0.162. The normalized spacial score (nSPS) is 18.5. The predicted octanol–water partition coefficient (Wildman–Crippen LogP) is 17.3. The first-order chi connectivity index (χ1) is 35.1. The second kappa shape index (κ2) is 15.3. The Kier molecular flexibility index (Phi) is 9.35. The van der Waals surface area contributed by atoms with Gasteiger partial charge in [-0.05, 0) is 164 Å². The zero-order valence-corrected chi connectivity index (χ0v) is 44.6. The molecule has 2 nitrogen and oxygen atoms in total. The second-order valence-corrected chi connectivity index (χ2v) is 27.0. The Morgan fingerprint density at radius 1 is 0.411 bits per heavy atom. The predicted molar refractivity (Wildman–Crippen MR) is 310 cm³/mol. The average molecular weight is 963 g/mol. The van der Waals surface area contributed by atoms with Crippen molar-refractivity contribution in [3.63, 3.8) is 0 Å². The Labute approximate surface area is 435 Å². The summed E-state index contributed by atoms with van der Waals surface area (Å²) in [5, 5.41) is 0. The SMILES string of the molecule is Cc1cc2c(cc1N1c3cc4c(cc3B3c5c(cc(-c6ccccc6)cc51)-c1cccc5c1N3c1ccccc1S5(c1ccccc1)c1ccccc1)C(C)(C)c1ccccc1C4(C)C)C(C)(C)CCC2(C)C. The Hall–Kier alpha value is -7.01. The molecule has 0 saturated carbocycles. The van der Waals surface area contributed by atoms with Gasteiger partial charge in [0.05, 0.1) is 5.69 Å². The summed E-state index contributed by atoms with van der Waals surface area (Å²) < 4.78 is 0. The van der Waals surface area contributed by atoms with E-state index in [-0.39, 0.29) is 28.5 Å². The first-order valence-electron chi connectivity index (χ1n) is 26.6. The molecule has 0 unspecified atom stereocenters. The summed E-state index contributed by atoms with van der Waals surface area (Å²) >= 11 is 0. The van der Waals surface area contributed by atoms with E-state index in [9.17, 15) is 0 Å². The van der Waals surface area contributed by atoms with Crippen LogP contribution in [0, 0.1) is 6.92 Å². The molecule has 4 heteroatoms. The van der Waals surface area contributed by atoms with Crippen LogP contribution in [0.25, 0.3) is 22.3 Å². The van der Waals surface area contributed by atoms with Gasteiger partial charge in [-0.25, -0.2) is 0 Å². The molecule has 0 bridgehead atoms. The highest BCUT2D eigenvalue weighted by atomic mass is 32.3. The molecule has 358 valence electrons. The maximum atomic E-state index is 2.81. The third-order valence-electron chi connectivity index (χ3n) is 18.3. The molecule has 73 heavy (non-hydrogen) atoms. The lowest BCUT2D eigenvalue weighted by molar-refractivity contribution is 0.332. The van der Waals surface area contributed by atoms with Crippen LogP contribution in [0.3, 0.4) is 0 Å². The van der Waals surface area contributed by atoms with E-state index in [0.717, 1.165) is 6.42 Å². The summed E-state index contributed by atoms with van der Waals surface area (Å²) in [6, 6.07) is 75.7. The van der Waals surface area contributed by atoms with Crippen LogP contribution >= 0.6 is 10.0 Å². The molecule has 0 atom stereocenters. The highest BCUT2D eigenvalue weighted by molar-refractivity contribution is 8.34. The van der Waals surface area contributed by atoms with E-state index < -0.39 is 10.0 Å². The number of hydrogen-bond donors (Lipinski definition) is 0. The topological polar surface area (TPSA) is 6.48 Å². The highest BCUT2D eigenvalue weighted by Crippen LogP contribution is 2.80. The molecule has 5 aliphatic rings. The molecule has 14 rings (SSSR count). The smallest absolute Gasteiger partial charge is 0.333 e. The van der Waals surface area contributed by atoms with E-state index in [0.29, 0.717) is 0 Å². The summed E-state index contributed by atoms with van der Waals surface area (Å²) in [6.45, 7) is 22.0. The fourth-order valence-corrected chi connectivity index (χ4v) is 18.6. The second-order valence-electron chi connectivity index (χ2n) is 24.0. The van der Waals surface area contributed by atoms with Gasteiger partial charge in [-0.1, -0.05) is 183 Å². The van der Waals surface area contributed by atoms with Crippen LogP contribution in [0.4, 0.5) is 28.4 Å². The maximum absolute atomic E-state index is 2.81. The Balaban J connectivity index is 1.16. The molecule has 3 heterocycles. The molecule has 0 saturated heterocycles. The molecule has 0 radical (unpaired) electrons. The minimum atomic E-state index is -1.99. The molecule has 2 aliphatic carbocycles. The van der Waals surface area contributed by atoms with E-state index in [4.69, 9.17) is 0 Å². The molecule has 0 amide bonds. The summed E-state index contributed by atoms with van der Waals surface area (Å²) in [4.78, 5) is 11.0. The van der Waals surface area contributed by atoms with E-state index in [1.165, 1.54) is 127 Å². The van der Waals surface area contributed by atoms with Gasteiger partial charge in [0.25, 0.3) is 0 Å². The van der Waals surface area contributed by atoms with E-state index in [2.05, 4.69) is 266 Å². The zero-order valence-electron chi connectivity index (χ0n) is 43.8. The van der Waals surface area contributed by atoms with Crippen molar-refractivity contribution in [2.45, 2.75) is 116 Å². The van der Waals surface area contributed by atoms with Crippen molar-refractivity contribution in [3.8, 4) is 22.3 Å². The Morgan fingerprint density at radius 2 is 0.945 bits per heavy atom. The van der Waals surface area contributed by atoms with Crippen LogP contribution in [-0.4, -0.2) is 6.85 Å². The number of hydrogen-bond acceptors (Lipinski definition) is 2. The van der Waals surface area contributed by atoms with Crippen LogP contribution in [0.5, 0.6) is 0 Å². The lowest BCUT2D eigenvalue weighted by Gasteiger charge is -2.55. The lowest BCUT2D eigenvalue weighted by atomic mass is 9.42. The minimum absolute atomic E-state index is 0.0323. The minimum Gasteiger partial charge on any atom is -0.375 e. The monoisotopic (exact) mass is 962 g/mol. The van der Waals surface area contributed by atoms with Gasteiger partial charge < -0.3 is 9.71 Å². The van der Waals surface area contributed by atoms with Gasteiger partial charge >= 0.3 is 6.85 Å². The summed E-state index contributed by atoms with van der Waals surface area (Å²) in [5.41, 5.74) is 23.8. The number of aryl methyl sites for hydroxylation is 1. The molecule has 0 fully saturated rings. The fourth-order valence-electron chi connectivity index (χ4n) is 14.4. The van der Waals surface area contributed by atoms with Crippen molar-refractivity contribution < 1.29 is 0 Å². The van der Waals surface area contributed by atoms with Crippen LogP contribution < -0.4 is 20.6 Å². The molecule has 9 aromatic carbocycles. The zero-order chi connectivity index (χ0) is 50.0. The van der Waals surface area contributed by atoms with E-state index >= 15 is 0 Å². The number of rotatable bonds is 4. The number of fused-ring (bicyclic) bond motifs is 9. The molecule has 0 aromatic heterocycles. The molecule has 0 N–H and O–H groups in total. The van der Waals surface area contributed by atoms with Gasteiger partial charge in [-0.3, -0.25) is 0 Å². The summed E-state index contributed by atoms with van der Waals surface area (Å²) in [5.74, 6) is 0. The molecule has 0 spiro atoms. The summed E-state index contributed by atoms with van der Waals surface area (Å²) in [7, 11) is -1.99. The largest absolute Gasteiger partial charge is 0.375 e. The van der Waals surface area contributed by atoms with Gasteiger partial charge in [0.15, 0.2) is 0 Å². The molecular weight excluding hydrogens is 900 g/mol.